The number of amides is 2. The van der Waals surface area contributed by atoms with Crippen LogP contribution in [0, 0.1) is 11.8 Å². The van der Waals surface area contributed by atoms with Crippen molar-refractivity contribution in [3.05, 3.63) is 83.3 Å². The molecule has 4 aromatic rings. The fourth-order valence-electron chi connectivity index (χ4n) is 6.35. The molecule has 0 radical (unpaired) electrons. The number of aromatic nitrogens is 2. The van der Waals surface area contributed by atoms with Crippen molar-refractivity contribution in [2.24, 2.45) is 11.8 Å². The van der Waals surface area contributed by atoms with Crippen LogP contribution in [0.25, 0.3) is 11.6 Å². The van der Waals surface area contributed by atoms with Crippen LogP contribution in [-0.4, -0.2) is 45.3 Å². The van der Waals surface area contributed by atoms with Gasteiger partial charge in [-0.05, 0) is 35.1 Å². The molecule has 11 heteroatoms. The molecule has 0 saturated heterocycles. The molecule has 2 amide bonds. The zero-order valence-corrected chi connectivity index (χ0v) is 24.3. The molecule has 5 atom stereocenters. The molecule has 4 N–H and O–H groups in total. The summed E-state index contributed by atoms with van der Waals surface area (Å²) in [4.78, 5) is 36.1. The number of hydrogen-bond acceptors (Lipinski definition) is 9. The van der Waals surface area contributed by atoms with Gasteiger partial charge in [-0.2, -0.15) is 0 Å². The molecular weight excluding hydrogens is 550 g/mol. The van der Waals surface area contributed by atoms with Crippen LogP contribution in [0.15, 0.2) is 63.8 Å². The van der Waals surface area contributed by atoms with Gasteiger partial charge in [0, 0.05) is 17.7 Å². The normalized spacial score (nSPS) is 24.3. The Kier molecular flexibility index (Phi) is 6.31. The van der Waals surface area contributed by atoms with Crippen LogP contribution in [0.1, 0.15) is 62.1 Å². The number of ether oxygens (including phenoxy) is 1. The summed E-state index contributed by atoms with van der Waals surface area (Å²) in [6.07, 6.45) is 1.41. The van der Waals surface area contributed by atoms with Gasteiger partial charge in [-0.15, -0.1) is 0 Å². The molecule has 4 bridgehead atoms. The molecule has 11 nitrogen and oxygen atoms in total. The Hall–Kier alpha value is -4.64. The second-order valence-electron chi connectivity index (χ2n) is 12.1. The van der Waals surface area contributed by atoms with Gasteiger partial charge in [0.1, 0.15) is 35.6 Å². The second-order valence-corrected chi connectivity index (χ2v) is 12.1. The first kappa shape index (κ1) is 27.2. The number of rotatable bonds is 5. The Morgan fingerprint density at radius 1 is 1.12 bits per heavy atom. The monoisotopic (exact) mass is 583 g/mol. The number of oxazole rings is 2. The van der Waals surface area contributed by atoms with Crippen molar-refractivity contribution in [3.63, 3.8) is 0 Å². The summed E-state index contributed by atoms with van der Waals surface area (Å²) in [6.45, 7) is 7.40. The van der Waals surface area contributed by atoms with Crippen molar-refractivity contribution < 1.29 is 28.3 Å². The van der Waals surface area contributed by atoms with Crippen molar-refractivity contribution in [1.29, 1.82) is 0 Å². The maximum Gasteiger partial charge on any atom is 0.249 e. The minimum Gasteiger partial charge on any atom is -0.469 e. The Morgan fingerprint density at radius 2 is 1.93 bits per heavy atom. The van der Waals surface area contributed by atoms with E-state index < -0.39 is 41.6 Å². The van der Waals surface area contributed by atoms with E-state index in [1.807, 2.05) is 56.3 Å². The first-order chi connectivity index (χ1) is 20.7. The molecule has 5 heterocycles. The molecule has 2 aromatic heterocycles. The third-order valence-electron chi connectivity index (χ3n) is 8.59. The number of anilines is 1. The lowest BCUT2D eigenvalue weighted by Gasteiger charge is -2.29. The van der Waals surface area contributed by atoms with Gasteiger partial charge in [-0.3, -0.25) is 9.59 Å². The van der Waals surface area contributed by atoms with E-state index in [-0.39, 0.29) is 30.0 Å². The summed E-state index contributed by atoms with van der Waals surface area (Å²) in [6, 6.07) is 12.1. The summed E-state index contributed by atoms with van der Waals surface area (Å²) in [5.74, 6) is 0.231. The fraction of sp³-hybridized carbons (Fsp3) is 0.375. The third kappa shape index (κ3) is 4.13. The molecule has 222 valence electrons. The number of nitrogens with zero attached hydrogens (tertiary/aromatic N) is 2. The average Bonchev–Trinajstić information content (AvgIpc) is 3.76. The van der Waals surface area contributed by atoms with Gasteiger partial charge in [-0.25, -0.2) is 9.97 Å². The van der Waals surface area contributed by atoms with Gasteiger partial charge in [0.25, 0.3) is 0 Å². The molecule has 0 saturated carbocycles. The first-order valence-corrected chi connectivity index (χ1v) is 14.5. The zero-order chi connectivity index (χ0) is 30.0. The van der Waals surface area contributed by atoms with Gasteiger partial charge < -0.3 is 34.6 Å². The van der Waals surface area contributed by atoms with E-state index in [0.717, 1.165) is 22.4 Å². The average molecular weight is 584 g/mol. The minimum absolute atomic E-state index is 0.135. The maximum atomic E-state index is 13.8. The molecule has 7 rings (SSSR count). The second kappa shape index (κ2) is 9.98. The molecule has 0 aliphatic carbocycles. The molecule has 43 heavy (non-hydrogen) atoms. The van der Waals surface area contributed by atoms with Crippen LogP contribution < -0.4 is 20.7 Å². The Morgan fingerprint density at radius 3 is 2.67 bits per heavy atom. The number of benzene rings is 2. The van der Waals surface area contributed by atoms with E-state index >= 15 is 0 Å². The number of aliphatic hydroxyl groups excluding tert-OH is 1. The van der Waals surface area contributed by atoms with Crippen LogP contribution in [0.4, 0.5) is 5.69 Å². The molecule has 3 aliphatic rings. The summed E-state index contributed by atoms with van der Waals surface area (Å²) >= 11 is 0. The SMILES string of the molecule is CC(C)[C@H](O)C(=O)N[C@H]1Cc2ccc3c(c2)C2(c4ccccc4NC2O3)c2oc(nc2-c2ncco2)[C@H](C(C)C)NC1=O. The fourth-order valence-corrected chi connectivity index (χ4v) is 6.35. The molecular formula is C32H33N5O6. The highest BCUT2D eigenvalue weighted by molar-refractivity contribution is 5.90. The highest BCUT2D eigenvalue weighted by atomic mass is 16.5. The predicted octanol–water partition coefficient (Wildman–Crippen LogP) is 3.68. The molecule has 3 aliphatic heterocycles. The number of carbonyl (C=O) groups is 2. The van der Waals surface area contributed by atoms with Crippen LogP contribution in [-0.2, 0) is 21.4 Å². The lowest BCUT2D eigenvalue weighted by atomic mass is 9.72. The predicted molar refractivity (Wildman–Crippen MR) is 155 cm³/mol. The lowest BCUT2D eigenvalue weighted by Crippen LogP contribution is -2.52. The Balaban J connectivity index is 1.47. The first-order valence-electron chi connectivity index (χ1n) is 14.5. The smallest absolute Gasteiger partial charge is 0.249 e. The number of carbonyl (C=O) groups excluding carboxylic acids is 2. The van der Waals surface area contributed by atoms with Crippen molar-refractivity contribution in [3.8, 4) is 17.3 Å². The summed E-state index contributed by atoms with van der Waals surface area (Å²) in [7, 11) is 0. The summed E-state index contributed by atoms with van der Waals surface area (Å²) < 4.78 is 19.0. The number of nitrogens with one attached hydrogen (secondary N) is 3. The van der Waals surface area contributed by atoms with Crippen LogP contribution in [0.3, 0.4) is 0 Å². The van der Waals surface area contributed by atoms with Crippen molar-refractivity contribution in [1.82, 2.24) is 20.6 Å². The van der Waals surface area contributed by atoms with Gasteiger partial charge in [0.05, 0.1) is 6.20 Å². The highest BCUT2D eigenvalue weighted by Crippen LogP contribution is 2.59. The van der Waals surface area contributed by atoms with Crippen LogP contribution in [0.5, 0.6) is 5.75 Å². The van der Waals surface area contributed by atoms with Crippen molar-refractivity contribution >= 4 is 17.5 Å². The summed E-state index contributed by atoms with van der Waals surface area (Å²) in [5, 5.41) is 19.8. The van der Waals surface area contributed by atoms with E-state index in [9.17, 15) is 14.7 Å². The highest BCUT2D eigenvalue weighted by Gasteiger charge is 2.61. The molecule has 1 spiro atoms. The number of aliphatic hydroxyl groups is 1. The quantitative estimate of drug-likeness (QED) is 0.276. The number of para-hydroxylation sites is 1. The van der Waals surface area contributed by atoms with E-state index in [0.29, 0.717) is 17.2 Å². The van der Waals surface area contributed by atoms with E-state index in [4.69, 9.17) is 18.6 Å². The van der Waals surface area contributed by atoms with E-state index in [1.165, 1.54) is 6.26 Å². The number of hydrogen-bond donors (Lipinski definition) is 4. The summed E-state index contributed by atoms with van der Waals surface area (Å²) in [5.41, 5.74) is 2.91. The van der Waals surface area contributed by atoms with Gasteiger partial charge >= 0.3 is 0 Å². The maximum absolute atomic E-state index is 13.8. The number of fused-ring (bicyclic) bond motifs is 4. The molecule has 2 aromatic carbocycles. The van der Waals surface area contributed by atoms with E-state index in [1.54, 1.807) is 20.0 Å². The Labute approximate surface area is 248 Å². The van der Waals surface area contributed by atoms with Crippen LogP contribution in [0.2, 0.25) is 0 Å². The molecule has 2 unspecified atom stereocenters. The standard InChI is InChI=1S/C32H33N5O6/c1-15(2)23-30-37-24(29-33-11-12-41-29)26(43-30)32-18-7-5-6-8-20(18)35-31(32)42-22-10-9-17(13-19(22)32)14-21(27(39)36-23)34-28(40)25(38)16(3)4/h5-13,15-16,21,23,25,31,35,38H,14H2,1-4H3,(H,34,40)(H,36,39)/t21-,23-,25-,31?,32?/m0/s1. The van der Waals surface area contributed by atoms with Gasteiger partial charge in [-0.1, -0.05) is 58.0 Å². The lowest BCUT2D eigenvalue weighted by molar-refractivity contribution is -0.135. The third-order valence-corrected chi connectivity index (χ3v) is 8.59. The zero-order valence-electron chi connectivity index (χ0n) is 24.3. The van der Waals surface area contributed by atoms with Gasteiger partial charge in [0.2, 0.25) is 23.6 Å². The van der Waals surface area contributed by atoms with Crippen molar-refractivity contribution in [2.45, 2.75) is 63.9 Å². The minimum atomic E-state index is -1.26. The van der Waals surface area contributed by atoms with Crippen molar-refractivity contribution in [2.75, 3.05) is 5.32 Å². The van der Waals surface area contributed by atoms with E-state index in [2.05, 4.69) is 20.9 Å². The van der Waals surface area contributed by atoms with Gasteiger partial charge in [0.15, 0.2) is 17.7 Å². The Bertz CT molecular complexity index is 1710. The van der Waals surface area contributed by atoms with Crippen LogP contribution >= 0.6 is 0 Å². The molecule has 0 fully saturated rings. The topological polar surface area (TPSA) is 152 Å². The largest absolute Gasteiger partial charge is 0.469 e.